The predicted octanol–water partition coefficient (Wildman–Crippen LogP) is 5.27. The molecule has 1 fully saturated rings. The van der Waals surface area contributed by atoms with E-state index in [1.807, 2.05) is 0 Å². The molecule has 0 bridgehead atoms. The molecule has 3 atom stereocenters. The lowest BCUT2D eigenvalue weighted by Crippen LogP contribution is -2.42. The molecule has 21 heavy (non-hydrogen) atoms. The minimum absolute atomic E-state index is 0.233. The van der Waals surface area contributed by atoms with Gasteiger partial charge in [0, 0.05) is 9.11 Å². The summed E-state index contributed by atoms with van der Waals surface area (Å²) >= 11 is 2.39. The van der Waals surface area contributed by atoms with Gasteiger partial charge in [0.2, 0.25) is 0 Å². The van der Waals surface area contributed by atoms with E-state index in [9.17, 15) is 0 Å². The lowest BCUT2D eigenvalue weighted by Gasteiger charge is -2.37. The summed E-state index contributed by atoms with van der Waals surface area (Å²) in [6.45, 7) is 10.4. The summed E-state index contributed by atoms with van der Waals surface area (Å²) in [6, 6.07) is 9.11. The third-order valence-corrected chi connectivity index (χ3v) is 5.43. The molecule has 0 spiro atoms. The van der Waals surface area contributed by atoms with Crippen LogP contribution in [-0.4, -0.2) is 12.1 Å². The molecule has 2 rings (SSSR count). The Labute approximate surface area is 144 Å². The van der Waals surface area contributed by atoms with Gasteiger partial charge in [-0.1, -0.05) is 25.5 Å². The molecule has 3 unspecified atom stereocenters. The van der Waals surface area contributed by atoms with Crippen molar-refractivity contribution in [2.24, 2.45) is 17.8 Å². The Hall–Kier alpha value is -0.0900. The van der Waals surface area contributed by atoms with E-state index < -0.39 is 0 Å². The molecule has 1 N–H and O–H groups in total. The zero-order valence-corrected chi connectivity index (χ0v) is 16.1. The van der Waals surface area contributed by atoms with Crippen LogP contribution in [0.3, 0.4) is 0 Å². The first kappa shape index (κ1) is 17.3. The van der Waals surface area contributed by atoms with Crippen LogP contribution in [0, 0.1) is 21.3 Å². The van der Waals surface area contributed by atoms with E-state index in [0.29, 0.717) is 0 Å². The summed E-state index contributed by atoms with van der Waals surface area (Å²) in [5.74, 6) is 2.56. The Kier molecular flexibility index (Phi) is 6.13. The van der Waals surface area contributed by atoms with Crippen molar-refractivity contribution in [1.29, 1.82) is 0 Å². The topological polar surface area (TPSA) is 12.0 Å². The highest BCUT2D eigenvalue weighted by molar-refractivity contribution is 14.1. The van der Waals surface area contributed by atoms with Gasteiger partial charge in [-0.25, -0.2) is 0 Å². The number of rotatable bonds is 4. The Balaban J connectivity index is 1.99. The van der Waals surface area contributed by atoms with Crippen LogP contribution in [0.25, 0.3) is 0 Å². The van der Waals surface area contributed by atoms with E-state index in [-0.39, 0.29) is 5.54 Å². The lowest BCUT2D eigenvalue weighted by atomic mass is 9.72. The molecule has 1 aromatic carbocycles. The van der Waals surface area contributed by atoms with Crippen LogP contribution in [0.2, 0.25) is 0 Å². The average molecular weight is 399 g/mol. The summed E-state index contributed by atoms with van der Waals surface area (Å²) in [7, 11) is 0. The van der Waals surface area contributed by atoms with Crippen molar-refractivity contribution >= 4 is 22.6 Å². The second-order valence-corrected chi connectivity index (χ2v) is 9.15. The fourth-order valence-corrected chi connectivity index (χ4v) is 3.80. The summed E-state index contributed by atoms with van der Waals surface area (Å²) in [5.41, 5.74) is 1.74. The number of nitrogens with one attached hydrogen (secondary N) is 1. The van der Waals surface area contributed by atoms with Gasteiger partial charge in [0.05, 0.1) is 0 Å². The van der Waals surface area contributed by atoms with E-state index in [2.05, 4.69) is 79.9 Å². The first-order valence-electron chi connectivity index (χ1n) is 8.33. The highest BCUT2D eigenvalue weighted by Gasteiger charge is 2.29. The van der Waals surface area contributed by atoms with Crippen LogP contribution in [0.4, 0.5) is 0 Å². The highest BCUT2D eigenvalue weighted by atomic mass is 127. The standard InChI is InChI=1S/C19H30IN/c1-14-5-8-16(13-21-19(2,3)4)17(11-14)12-15-6-9-18(20)10-7-15/h6-7,9-10,14,16-17,21H,5,8,11-13H2,1-4H3. The normalized spacial score (nSPS) is 26.8. The van der Waals surface area contributed by atoms with Gasteiger partial charge in [0.1, 0.15) is 0 Å². The number of hydrogen-bond acceptors (Lipinski definition) is 1. The fourth-order valence-electron chi connectivity index (χ4n) is 3.44. The highest BCUT2D eigenvalue weighted by Crippen LogP contribution is 2.35. The maximum Gasteiger partial charge on any atom is 0.0130 e. The summed E-state index contributed by atoms with van der Waals surface area (Å²) < 4.78 is 1.33. The molecule has 118 valence electrons. The minimum Gasteiger partial charge on any atom is -0.312 e. The zero-order valence-electron chi connectivity index (χ0n) is 14.0. The third kappa shape index (κ3) is 5.90. The molecule has 0 aromatic heterocycles. The SMILES string of the molecule is CC1CCC(CNC(C)(C)C)C(Cc2ccc(I)cc2)C1. The van der Waals surface area contributed by atoms with Crippen molar-refractivity contribution in [3.63, 3.8) is 0 Å². The van der Waals surface area contributed by atoms with Gasteiger partial charge in [-0.15, -0.1) is 0 Å². The maximum absolute atomic E-state index is 3.73. The number of benzene rings is 1. The molecule has 0 heterocycles. The zero-order chi connectivity index (χ0) is 15.5. The van der Waals surface area contributed by atoms with E-state index >= 15 is 0 Å². The Bertz CT molecular complexity index is 432. The molecule has 2 heteroatoms. The molecule has 0 aliphatic heterocycles. The summed E-state index contributed by atoms with van der Waals surface area (Å²) in [4.78, 5) is 0. The molecular weight excluding hydrogens is 369 g/mol. The van der Waals surface area contributed by atoms with Crippen molar-refractivity contribution in [1.82, 2.24) is 5.32 Å². The predicted molar refractivity (Wildman–Crippen MR) is 101 cm³/mol. The Morgan fingerprint density at radius 2 is 1.76 bits per heavy atom. The lowest BCUT2D eigenvalue weighted by molar-refractivity contribution is 0.174. The maximum atomic E-state index is 3.73. The van der Waals surface area contributed by atoms with Gasteiger partial charge in [0.15, 0.2) is 0 Å². The van der Waals surface area contributed by atoms with Gasteiger partial charge in [-0.2, -0.15) is 0 Å². The van der Waals surface area contributed by atoms with E-state index in [1.165, 1.54) is 41.4 Å². The quantitative estimate of drug-likeness (QED) is 0.680. The van der Waals surface area contributed by atoms with Crippen LogP contribution in [0.5, 0.6) is 0 Å². The second kappa shape index (κ2) is 7.45. The molecule has 1 aliphatic rings. The fraction of sp³-hybridized carbons (Fsp3) is 0.684. The van der Waals surface area contributed by atoms with Gasteiger partial charge in [-0.05, 0) is 105 Å². The molecular formula is C19H30IN. The van der Waals surface area contributed by atoms with Gasteiger partial charge >= 0.3 is 0 Å². The molecule has 0 saturated heterocycles. The first-order valence-corrected chi connectivity index (χ1v) is 9.41. The second-order valence-electron chi connectivity index (χ2n) is 7.90. The Morgan fingerprint density at radius 1 is 1.10 bits per heavy atom. The van der Waals surface area contributed by atoms with Crippen LogP contribution >= 0.6 is 22.6 Å². The van der Waals surface area contributed by atoms with Gasteiger partial charge in [-0.3, -0.25) is 0 Å². The van der Waals surface area contributed by atoms with Crippen molar-refractivity contribution < 1.29 is 0 Å². The van der Waals surface area contributed by atoms with E-state index in [0.717, 1.165) is 17.8 Å². The van der Waals surface area contributed by atoms with Crippen molar-refractivity contribution in [3.05, 3.63) is 33.4 Å². The van der Waals surface area contributed by atoms with Crippen molar-refractivity contribution in [3.8, 4) is 0 Å². The first-order chi connectivity index (χ1) is 9.83. The summed E-state index contributed by atoms with van der Waals surface area (Å²) in [5, 5.41) is 3.73. The van der Waals surface area contributed by atoms with Crippen LogP contribution in [-0.2, 0) is 6.42 Å². The van der Waals surface area contributed by atoms with Crippen LogP contribution in [0.15, 0.2) is 24.3 Å². The van der Waals surface area contributed by atoms with E-state index in [1.54, 1.807) is 0 Å². The minimum atomic E-state index is 0.233. The number of halogens is 1. The van der Waals surface area contributed by atoms with Crippen LogP contribution in [0.1, 0.15) is 52.5 Å². The monoisotopic (exact) mass is 399 g/mol. The number of hydrogen-bond donors (Lipinski definition) is 1. The smallest absolute Gasteiger partial charge is 0.0130 e. The van der Waals surface area contributed by atoms with Crippen molar-refractivity contribution in [2.45, 2.75) is 58.9 Å². The molecule has 0 radical (unpaired) electrons. The van der Waals surface area contributed by atoms with Gasteiger partial charge in [0.25, 0.3) is 0 Å². The van der Waals surface area contributed by atoms with Crippen LogP contribution < -0.4 is 5.32 Å². The Morgan fingerprint density at radius 3 is 2.38 bits per heavy atom. The summed E-state index contributed by atoms with van der Waals surface area (Å²) in [6.07, 6.45) is 5.43. The van der Waals surface area contributed by atoms with E-state index in [4.69, 9.17) is 0 Å². The largest absolute Gasteiger partial charge is 0.312 e. The average Bonchev–Trinajstić information content (AvgIpc) is 2.39. The molecule has 1 aromatic rings. The molecule has 1 nitrogen and oxygen atoms in total. The molecule has 1 aliphatic carbocycles. The molecule has 0 amide bonds. The molecule has 1 saturated carbocycles. The van der Waals surface area contributed by atoms with Crippen molar-refractivity contribution in [2.75, 3.05) is 6.54 Å². The third-order valence-electron chi connectivity index (χ3n) is 4.71. The van der Waals surface area contributed by atoms with Gasteiger partial charge < -0.3 is 5.32 Å².